The Kier molecular flexibility index (Phi) is 6.42. The van der Waals surface area contributed by atoms with E-state index >= 15 is 4.39 Å². The summed E-state index contributed by atoms with van der Waals surface area (Å²) in [5.41, 5.74) is -0.925. The summed E-state index contributed by atoms with van der Waals surface area (Å²) >= 11 is 0. The molecular formula is C21H22F4N4O4S. The van der Waals surface area contributed by atoms with Crippen LogP contribution in [0.5, 0.6) is 0 Å². The van der Waals surface area contributed by atoms with Gasteiger partial charge in [-0.05, 0) is 25.7 Å². The number of amides is 2. The van der Waals surface area contributed by atoms with Crippen LogP contribution in [0.25, 0.3) is 0 Å². The van der Waals surface area contributed by atoms with Crippen LogP contribution in [0.4, 0.5) is 23.2 Å². The van der Waals surface area contributed by atoms with Crippen molar-refractivity contribution >= 4 is 27.5 Å². The molecule has 184 valence electrons. The van der Waals surface area contributed by atoms with E-state index in [0.717, 1.165) is 0 Å². The van der Waals surface area contributed by atoms with E-state index in [-0.39, 0.29) is 24.6 Å². The van der Waals surface area contributed by atoms with Crippen LogP contribution in [0, 0.1) is 23.3 Å². The van der Waals surface area contributed by atoms with E-state index in [4.69, 9.17) is 0 Å². The summed E-state index contributed by atoms with van der Waals surface area (Å²) in [6.07, 6.45) is 1.38. The fourth-order valence-corrected chi connectivity index (χ4v) is 6.06. The lowest BCUT2D eigenvalue weighted by Gasteiger charge is -2.31. The van der Waals surface area contributed by atoms with E-state index in [9.17, 15) is 31.2 Å². The monoisotopic (exact) mass is 502 g/mol. The number of nitrogens with one attached hydrogen (secondary N) is 2. The Morgan fingerprint density at radius 1 is 1.00 bits per heavy atom. The van der Waals surface area contributed by atoms with Gasteiger partial charge in [0, 0.05) is 56.1 Å². The molecule has 0 bridgehead atoms. The van der Waals surface area contributed by atoms with Crippen molar-refractivity contribution in [3.63, 3.8) is 0 Å². The Bertz CT molecular complexity index is 1250. The summed E-state index contributed by atoms with van der Waals surface area (Å²) in [6.45, 7) is 2.31. The van der Waals surface area contributed by atoms with Crippen LogP contribution in [0.15, 0.2) is 17.0 Å². The minimum absolute atomic E-state index is 0.117. The Morgan fingerprint density at radius 2 is 1.62 bits per heavy atom. The van der Waals surface area contributed by atoms with Gasteiger partial charge in [-0.25, -0.2) is 30.7 Å². The smallest absolute Gasteiger partial charge is 0.275 e. The highest BCUT2D eigenvalue weighted by atomic mass is 32.2. The van der Waals surface area contributed by atoms with Crippen molar-refractivity contribution in [1.82, 2.24) is 14.2 Å². The van der Waals surface area contributed by atoms with Gasteiger partial charge in [0.05, 0.1) is 0 Å². The van der Waals surface area contributed by atoms with E-state index in [2.05, 4.69) is 10.0 Å². The van der Waals surface area contributed by atoms with Crippen LogP contribution in [0.3, 0.4) is 0 Å². The maximum absolute atomic E-state index is 15.4. The zero-order chi connectivity index (χ0) is 24.8. The number of sulfonamides is 1. The molecule has 34 heavy (non-hydrogen) atoms. The quantitative estimate of drug-likeness (QED) is 0.485. The lowest BCUT2D eigenvalue weighted by molar-refractivity contribution is -0.129. The SMILES string of the molecule is CC(=O)N1CCC(NS(=O)(=O)c2c(F)c(C(=O)Nc3cc(F)c(F)c(F)c3)n3c2CCC3)CC1. The summed E-state index contributed by atoms with van der Waals surface area (Å²) in [5, 5.41) is 2.10. The van der Waals surface area contributed by atoms with Crippen molar-refractivity contribution in [3.8, 4) is 0 Å². The summed E-state index contributed by atoms with van der Waals surface area (Å²) in [7, 11) is -4.36. The van der Waals surface area contributed by atoms with Crippen molar-refractivity contribution in [1.29, 1.82) is 0 Å². The van der Waals surface area contributed by atoms with Gasteiger partial charge in [0.2, 0.25) is 15.9 Å². The molecule has 13 heteroatoms. The number of hydrogen-bond acceptors (Lipinski definition) is 4. The third kappa shape index (κ3) is 4.41. The number of rotatable bonds is 5. The fraction of sp³-hybridized carbons (Fsp3) is 0.429. The van der Waals surface area contributed by atoms with E-state index in [1.165, 1.54) is 11.5 Å². The third-order valence-corrected chi connectivity index (χ3v) is 7.64. The van der Waals surface area contributed by atoms with Gasteiger partial charge in [0.15, 0.2) is 23.3 Å². The van der Waals surface area contributed by atoms with Crippen LogP contribution in [-0.2, 0) is 27.8 Å². The topological polar surface area (TPSA) is 101 Å². The maximum Gasteiger partial charge on any atom is 0.275 e. The molecule has 0 unspecified atom stereocenters. The molecule has 1 fully saturated rings. The largest absolute Gasteiger partial charge is 0.343 e. The van der Waals surface area contributed by atoms with Crippen LogP contribution >= 0.6 is 0 Å². The molecule has 0 atom stereocenters. The van der Waals surface area contributed by atoms with E-state index < -0.39 is 61.5 Å². The maximum atomic E-state index is 15.4. The summed E-state index contributed by atoms with van der Waals surface area (Å²) < 4.78 is 85.5. The van der Waals surface area contributed by atoms with E-state index in [1.54, 1.807) is 4.90 Å². The number of benzene rings is 1. The molecular weight excluding hydrogens is 480 g/mol. The van der Waals surface area contributed by atoms with Crippen molar-refractivity contribution in [2.24, 2.45) is 0 Å². The average Bonchev–Trinajstić information content (AvgIpc) is 3.31. The molecule has 0 radical (unpaired) electrons. The Morgan fingerprint density at radius 3 is 2.21 bits per heavy atom. The molecule has 2 aliphatic heterocycles. The highest BCUT2D eigenvalue weighted by molar-refractivity contribution is 7.89. The molecule has 2 aromatic rings. The lowest BCUT2D eigenvalue weighted by atomic mass is 10.1. The summed E-state index contributed by atoms with van der Waals surface area (Å²) in [5.74, 6) is -7.32. The molecule has 2 N–H and O–H groups in total. The molecule has 3 heterocycles. The Balaban J connectivity index is 1.61. The van der Waals surface area contributed by atoms with Crippen LogP contribution in [0.2, 0.25) is 0 Å². The number of anilines is 1. The normalized spacial score (nSPS) is 16.6. The first-order valence-corrected chi connectivity index (χ1v) is 12.1. The lowest BCUT2D eigenvalue weighted by Crippen LogP contribution is -2.46. The molecule has 1 aromatic carbocycles. The van der Waals surface area contributed by atoms with Crippen molar-refractivity contribution in [2.75, 3.05) is 18.4 Å². The summed E-state index contributed by atoms with van der Waals surface area (Å²) in [4.78, 5) is 25.2. The number of fused-ring (bicyclic) bond motifs is 1. The average molecular weight is 502 g/mol. The number of nitrogens with zero attached hydrogens (tertiary/aromatic N) is 2. The van der Waals surface area contributed by atoms with Crippen LogP contribution in [-0.4, -0.2) is 48.8 Å². The van der Waals surface area contributed by atoms with Crippen molar-refractivity contribution < 1.29 is 35.6 Å². The zero-order valence-corrected chi connectivity index (χ0v) is 18.9. The van der Waals surface area contributed by atoms with Gasteiger partial charge in [-0.1, -0.05) is 0 Å². The predicted octanol–water partition coefficient (Wildman–Crippen LogP) is 2.53. The second kappa shape index (κ2) is 9.02. The predicted molar refractivity (Wildman–Crippen MR) is 113 cm³/mol. The number of aromatic nitrogens is 1. The van der Waals surface area contributed by atoms with Gasteiger partial charge in [0.25, 0.3) is 5.91 Å². The minimum atomic E-state index is -4.36. The first kappa shape index (κ1) is 24.2. The molecule has 2 aliphatic rings. The number of carbonyl (C=O) groups excluding carboxylic acids is 2. The Hall–Kier alpha value is -2.93. The molecule has 0 aliphatic carbocycles. The van der Waals surface area contributed by atoms with Crippen molar-refractivity contribution in [2.45, 2.75) is 50.1 Å². The summed E-state index contributed by atoms with van der Waals surface area (Å²) in [6, 6.07) is 0.558. The first-order valence-electron chi connectivity index (χ1n) is 10.6. The molecule has 0 spiro atoms. The highest BCUT2D eigenvalue weighted by Crippen LogP contribution is 2.33. The molecule has 0 saturated carbocycles. The van der Waals surface area contributed by atoms with E-state index in [1.807, 2.05) is 0 Å². The van der Waals surface area contributed by atoms with Gasteiger partial charge in [0.1, 0.15) is 10.6 Å². The number of likely N-dealkylation sites (tertiary alicyclic amines) is 1. The van der Waals surface area contributed by atoms with Gasteiger partial charge >= 0.3 is 0 Å². The second-order valence-corrected chi connectivity index (χ2v) is 9.95. The van der Waals surface area contributed by atoms with Crippen LogP contribution in [0.1, 0.15) is 42.4 Å². The zero-order valence-electron chi connectivity index (χ0n) is 18.1. The minimum Gasteiger partial charge on any atom is -0.343 e. The molecule has 1 saturated heterocycles. The number of carbonyl (C=O) groups is 2. The van der Waals surface area contributed by atoms with Gasteiger partial charge in [-0.3, -0.25) is 9.59 Å². The number of hydrogen-bond donors (Lipinski definition) is 2. The van der Waals surface area contributed by atoms with Crippen molar-refractivity contribution in [3.05, 3.63) is 46.8 Å². The van der Waals surface area contributed by atoms with Gasteiger partial charge in [-0.2, -0.15) is 0 Å². The van der Waals surface area contributed by atoms with Crippen LogP contribution < -0.4 is 10.0 Å². The molecule has 4 rings (SSSR count). The first-order chi connectivity index (χ1) is 16.0. The number of piperidine rings is 1. The second-order valence-electron chi connectivity index (χ2n) is 8.30. The fourth-order valence-electron chi connectivity index (χ4n) is 4.41. The van der Waals surface area contributed by atoms with E-state index in [0.29, 0.717) is 44.5 Å². The molecule has 1 aromatic heterocycles. The highest BCUT2D eigenvalue weighted by Gasteiger charge is 2.37. The molecule has 2 amide bonds. The Labute approximate surface area is 193 Å². The standard InChI is InChI=1S/C21H22F4N4O4S/c1-11(30)28-7-4-12(5-8-28)27-34(32,33)20-16-3-2-6-29(16)19(18(20)25)21(31)26-13-9-14(22)17(24)15(23)10-13/h9-10,12,27H,2-8H2,1H3,(H,26,31). The van der Waals surface area contributed by atoms with Gasteiger partial charge < -0.3 is 14.8 Å². The third-order valence-electron chi connectivity index (χ3n) is 6.05. The van der Waals surface area contributed by atoms with Gasteiger partial charge in [-0.15, -0.1) is 0 Å². The number of halogens is 4. The molecule has 8 nitrogen and oxygen atoms in total.